The van der Waals surface area contributed by atoms with Crippen molar-refractivity contribution in [3.63, 3.8) is 0 Å². The lowest BCUT2D eigenvalue weighted by Crippen LogP contribution is -2.34. The fraction of sp³-hybridized carbons (Fsp3) is 1.00. The number of rotatable bonds is 4. The summed E-state index contributed by atoms with van der Waals surface area (Å²) in [5.41, 5.74) is 6.50. The van der Waals surface area contributed by atoms with Crippen molar-refractivity contribution >= 4 is 0 Å². The lowest BCUT2D eigenvalue weighted by Gasteiger charge is -2.28. The van der Waals surface area contributed by atoms with Crippen LogP contribution in [0.1, 0.15) is 65.7 Å². The van der Waals surface area contributed by atoms with Gasteiger partial charge in [0.15, 0.2) is 0 Å². The molecule has 0 aromatic carbocycles. The maximum Gasteiger partial charge on any atom is 0.00876 e. The molecule has 2 fully saturated rings. The van der Waals surface area contributed by atoms with Gasteiger partial charge in [-0.15, -0.1) is 0 Å². The summed E-state index contributed by atoms with van der Waals surface area (Å²) in [5, 5.41) is 0. The van der Waals surface area contributed by atoms with Crippen molar-refractivity contribution in [1.29, 1.82) is 0 Å². The average Bonchev–Trinajstić information content (AvgIpc) is 2.77. The van der Waals surface area contributed by atoms with E-state index < -0.39 is 0 Å². The molecular formula is C15H29N. The van der Waals surface area contributed by atoms with E-state index in [4.69, 9.17) is 5.73 Å². The monoisotopic (exact) mass is 223 g/mol. The van der Waals surface area contributed by atoms with E-state index in [9.17, 15) is 0 Å². The standard InChI is InChI=1S/C15H29N/c1-15(2,3)14(16)6-4-5-12-9-11-7-8-13(12)10-11/h11-14H,4-10,16H2,1-3H3. The Labute approximate surface area is 101 Å². The Kier molecular flexibility index (Phi) is 3.63. The first-order chi connectivity index (χ1) is 7.47. The third kappa shape index (κ3) is 2.80. The summed E-state index contributed by atoms with van der Waals surface area (Å²) in [6.45, 7) is 6.78. The summed E-state index contributed by atoms with van der Waals surface area (Å²) >= 11 is 0. The second kappa shape index (κ2) is 4.68. The zero-order valence-corrected chi connectivity index (χ0v) is 11.3. The molecular weight excluding hydrogens is 194 g/mol. The molecule has 2 bridgehead atoms. The van der Waals surface area contributed by atoms with E-state index in [0.29, 0.717) is 6.04 Å². The van der Waals surface area contributed by atoms with E-state index in [1.165, 1.54) is 38.5 Å². The van der Waals surface area contributed by atoms with Crippen molar-refractivity contribution in [3.05, 3.63) is 0 Å². The lowest BCUT2D eigenvalue weighted by molar-refractivity contribution is 0.269. The predicted octanol–water partition coefficient (Wildman–Crippen LogP) is 3.97. The molecule has 4 atom stereocenters. The fourth-order valence-corrected chi connectivity index (χ4v) is 3.76. The van der Waals surface area contributed by atoms with Gasteiger partial charge in [-0.1, -0.05) is 40.0 Å². The normalized spacial score (nSPS) is 35.6. The molecule has 0 heterocycles. The molecule has 0 spiro atoms. The summed E-state index contributed by atoms with van der Waals surface area (Å²) < 4.78 is 0. The van der Waals surface area contributed by atoms with E-state index in [-0.39, 0.29) is 5.41 Å². The quantitative estimate of drug-likeness (QED) is 0.767. The third-order valence-corrected chi connectivity index (χ3v) is 5.09. The minimum Gasteiger partial charge on any atom is -0.327 e. The predicted molar refractivity (Wildman–Crippen MR) is 70.2 cm³/mol. The fourth-order valence-electron chi connectivity index (χ4n) is 3.76. The molecule has 4 unspecified atom stereocenters. The van der Waals surface area contributed by atoms with Crippen molar-refractivity contribution in [1.82, 2.24) is 0 Å². The van der Waals surface area contributed by atoms with Gasteiger partial charge >= 0.3 is 0 Å². The van der Waals surface area contributed by atoms with E-state index in [0.717, 1.165) is 17.8 Å². The van der Waals surface area contributed by atoms with E-state index >= 15 is 0 Å². The van der Waals surface area contributed by atoms with Crippen molar-refractivity contribution in [3.8, 4) is 0 Å². The van der Waals surface area contributed by atoms with Gasteiger partial charge in [-0.25, -0.2) is 0 Å². The van der Waals surface area contributed by atoms with Gasteiger partial charge in [0.25, 0.3) is 0 Å². The largest absolute Gasteiger partial charge is 0.327 e. The highest BCUT2D eigenvalue weighted by Gasteiger charge is 2.38. The Morgan fingerprint density at radius 2 is 1.94 bits per heavy atom. The molecule has 0 aliphatic heterocycles. The first-order valence-electron chi connectivity index (χ1n) is 7.22. The van der Waals surface area contributed by atoms with Gasteiger partial charge < -0.3 is 5.73 Å². The molecule has 0 aromatic rings. The summed E-state index contributed by atoms with van der Waals surface area (Å²) in [4.78, 5) is 0. The van der Waals surface area contributed by atoms with E-state index in [2.05, 4.69) is 20.8 Å². The lowest BCUT2D eigenvalue weighted by atomic mass is 9.81. The van der Waals surface area contributed by atoms with Crippen LogP contribution in [0, 0.1) is 23.2 Å². The van der Waals surface area contributed by atoms with Gasteiger partial charge in [-0.05, 0) is 48.9 Å². The van der Waals surface area contributed by atoms with Crippen molar-refractivity contribution in [2.75, 3.05) is 0 Å². The highest BCUT2D eigenvalue weighted by Crippen LogP contribution is 2.50. The molecule has 2 aliphatic rings. The molecule has 0 saturated heterocycles. The number of hydrogen-bond acceptors (Lipinski definition) is 1. The van der Waals surface area contributed by atoms with Gasteiger partial charge in [0.2, 0.25) is 0 Å². The van der Waals surface area contributed by atoms with Crippen LogP contribution < -0.4 is 5.73 Å². The minimum absolute atomic E-state index is 0.286. The molecule has 2 aliphatic carbocycles. The van der Waals surface area contributed by atoms with Crippen molar-refractivity contribution < 1.29 is 0 Å². The Bertz CT molecular complexity index is 228. The van der Waals surface area contributed by atoms with Gasteiger partial charge in [0.1, 0.15) is 0 Å². The zero-order chi connectivity index (χ0) is 11.8. The van der Waals surface area contributed by atoms with Crippen LogP contribution in [0.2, 0.25) is 0 Å². The maximum atomic E-state index is 6.21. The molecule has 94 valence electrons. The molecule has 2 N–H and O–H groups in total. The Balaban J connectivity index is 1.65. The summed E-state index contributed by atoms with van der Waals surface area (Å²) in [5.74, 6) is 3.26. The van der Waals surface area contributed by atoms with Crippen LogP contribution >= 0.6 is 0 Å². The van der Waals surface area contributed by atoms with E-state index in [1.807, 2.05) is 0 Å². The molecule has 0 aromatic heterocycles. The highest BCUT2D eigenvalue weighted by atomic mass is 14.7. The van der Waals surface area contributed by atoms with Crippen LogP contribution in [0.5, 0.6) is 0 Å². The van der Waals surface area contributed by atoms with Crippen molar-refractivity contribution in [2.24, 2.45) is 28.9 Å². The average molecular weight is 223 g/mol. The van der Waals surface area contributed by atoms with Gasteiger partial charge in [0.05, 0.1) is 0 Å². The summed E-state index contributed by atoms with van der Waals surface area (Å²) in [6, 6.07) is 0.381. The molecule has 16 heavy (non-hydrogen) atoms. The third-order valence-electron chi connectivity index (χ3n) is 5.09. The summed E-state index contributed by atoms with van der Waals surface area (Å²) in [6.07, 6.45) is 10.2. The second-order valence-corrected chi connectivity index (χ2v) is 7.34. The van der Waals surface area contributed by atoms with Crippen LogP contribution in [0.4, 0.5) is 0 Å². The molecule has 1 heteroatoms. The number of fused-ring (bicyclic) bond motifs is 2. The molecule has 0 radical (unpaired) electrons. The second-order valence-electron chi connectivity index (χ2n) is 7.34. The van der Waals surface area contributed by atoms with Gasteiger partial charge in [-0.2, -0.15) is 0 Å². The van der Waals surface area contributed by atoms with Crippen LogP contribution in [0.3, 0.4) is 0 Å². The Morgan fingerprint density at radius 3 is 2.44 bits per heavy atom. The smallest absolute Gasteiger partial charge is 0.00876 e. The summed E-state index contributed by atoms with van der Waals surface area (Å²) in [7, 11) is 0. The zero-order valence-electron chi connectivity index (χ0n) is 11.3. The van der Waals surface area contributed by atoms with Gasteiger partial charge in [0, 0.05) is 6.04 Å². The highest BCUT2D eigenvalue weighted by molar-refractivity contribution is 4.90. The topological polar surface area (TPSA) is 26.0 Å². The molecule has 0 amide bonds. The van der Waals surface area contributed by atoms with Gasteiger partial charge in [-0.3, -0.25) is 0 Å². The number of hydrogen-bond donors (Lipinski definition) is 1. The maximum absolute atomic E-state index is 6.21. The SMILES string of the molecule is CC(C)(C)C(N)CCCC1CC2CCC1C2. The minimum atomic E-state index is 0.286. The van der Waals surface area contributed by atoms with Crippen LogP contribution in [0.25, 0.3) is 0 Å². The van der Waals surface area contributed by atoms with Crippen LogP contribution in [-0.2, 0) is 0 Å². The Hall–Kier alpha value is -0.0400. The molecule has 2 saturated carbocycles. The molecule has 1 nitrogen and oxygen atoms in total. The van der Waals surface area contributed by atoms with Crippen LogP contribution in [-0.4, -0.2) is 6.04 Å². The Morgan fingerprint density at radius 1 is 1.19 bits per heavy atom. The van der Waals surface area contributed by atoms with Crippen LogP contribution in [0.15, 0.2) is 0 Å². The first-order valence-corrected chi connectivity index (χ1v) is 7.22. The molecule has 2 rings (SSSR count). The number of nitrogens with two attached hydrogens (primary N) is 1. The first kappa shape index (κ1) is 12.4. The van der Waals surface area contributed by atoms with Crippen molar-refractivity contribution in [2.45, 2.75) is 71.8 Å². The van der Waals surface area contributed by atoms with E-state index in [1.54, 1.807) is 6.42 Å².